The lowest BCUT2D eigenvalue weighted by molar-refractivity contribution is -0.121. The van der Waals surface area contributed by atoms with Crippen molar-refractivity contribution in [1.82, 2.24) is 0 Å². The summed E-state index contributed by atoms with van der Waals surface area (Å²) in [6.45, 7) is 6.82. The predicted octanol–water partition coefficient (Wildman–Crippen LogP) is 4.07. The maximum Gasteiger partial charge on any atom is 0.137 e. The van der Waals surface area contributed by atoms with Gasteiger partial charge in [0.1, 0.15) is 5.78 Å². The summed E-state index contributed by atoms with van der Waals surface area (Å²) in [4.78, 5) is 14.5. The van der Waals surface area contributed by atoms with E-state index in [1.165, 1.54) is 30.5 Å². The average molecular weight is 271 g/mol. The third kappa shape index (κ3) is 2.36. The number of para-hydroxylation sites is 1. The second kappa shape index (κ2) is 4.91. The molecule has 0 amide bonds. The predicted molar refractivity (Wildman–Crippen MR) is 83.3 cm³/mol. The molecule has 2 aliphatic heterocycles. The van der Waals surface area contributed by atoms with Crippen LogP contribution in [0.15, 0.2) is 24.3 Å². The van der Waals surface area contributed by atoms with Crippen molar-refractivity contribution in [2.75, 3.05) is 4.90 Å². The fraction of sp³-hybridized carbons (Fsp3) is 0.611. The molecule has 1 aromatic rings. The molecule has 2 nitrogen and oxygen atoms in total. The van der Waals surface area contributed by atoms with Gasteiger partial charge in [0.25, 0.3) is 0 Å². The Labute approximate surface area is 122 Å². The second-order valence-corrected chi connectivity index (χ2v) is 7.36. The quantitative estimate of drug-likeness (QED) is 0.767. The highest BCUT2D eigenvalue weighted by Crippen LogP contribution is 2.40. The molecule has 3 rings (SSSR count). The minimum Gasteiger partial charge on any atom is -0.364 e. The van der Waals surface area contributed by atoms with E-state index in [1.807, 2.05) is 0 Å². The third-order valence-electron chi connectivity index (χ3n) is 4.78. The molecular formula is C18H25NO. The number of rotatable bonds is 1. The molecule has 1 aromatic carbocycles. The Bertz CT molecular complexity index is 498. The first-order valence-electron chi connectivity index (χ1n) is 7.86. The molecule has 2 fully saturated rings. The van der Waals surface area contributed by atoms with Gasteiger partial charge in [0.2, 0.25) is 0 Å². The highest BCUT2D eigenvalue weighted by molar-refractivity contribution is 5.83. The maximum absolute atomic E-state index is 11.9. The number of nitrogens with zero attached hydrogens (tertiary/aromatic N) is 1. The SMILES string of the molecule is CC(C)(C)c1ccccc1N1C2CCCC1CC(=O)C2. The Morgan fingerprint density at radius 1 is 1.05 bits per heavy atom. The highest BCUT2D eigenvalue weighted by Gasteiger charge is 2.39. The van der Waals surface area contributed by atoms with Crippen molar-refractivity contribution in [3.8, 4) is 0 Å². The van der Waals surface area contributed by atoms with Crippen molar-refractivity contribution in [3.05, 3.63) is 29.8 Å². The summed E-state index contributed by atoms with van der Waals surface area (Å²) in [6.07, 6.45) is 5.10. The molecule has 108 valence electrons. The van der Waals surface area contributed by atoms with Crippen LogP contribution >= 0.6 is 0 Å². The van der Waals surface area contributed by atoms with Gasteiger partial charge in [-0.1, -0.05) is 39.0 Å². The van der Waals surface area contributed by atoms with E-state index in [0.717, 1.165) is 12.8 Å². The molecule has 2 bridgehead atoms. The van der Waals surface area contributed by atoms with Gasteiger partial charge in [-0.25, -0.2) is 0 Å². The van der Waals surface area contributed by atoms with Crippen LogP contribution in [-0.2, 0) is 10.2 Å². The first-order chi connectivity index (χ1) is 9.47. The lowest BCUT2D eigenvalue weighted by atomic mass is 9.80. The number of benzene rings is 1. The molecule has 0 radical (unpaired) electrons. The Morgan fingerprint density at radius 3 is 2.25 bits per heavy atom. The fourth-order valence-corrected chi connectivity index (χ4v) is 3.90. The van der Waals surface area contributed by atoms with Crippen LogP contribution in [0.3, 0.4) is 0 Å². The van der Waals surface area contributed by atoms with Crippen LogP contribution in [0.1, 0.15) is 58.4 Å². The van der Waals surface area contributed by atoms with Gasteiger partial charge in [0.05, 0.1) is 0 Å². The van der Waals surface area contributed by atoms with E-state index in [9.17, 15) is 4.79 Å². The van der Waals surface area contributed by atoms with Crippen LogP contribution in [0, 0.1) is 0 Å². The van der Waals surface area contributed by atoms with E-state index >= 15 is 0 Å². The molecular weight excluding hydrogens is 246 g/mol. The molecule has 2 atom stereocenters. The highest BCUT2D eigenvalue weighted by atomic mass is 16.1. The number of fused-ring (bicyclic) bond motifs is 2. The normalized spacial score (nSPS) is 26.8. The van der Waals surface area contributed by atoms with E-state index in [1.54, 1.807) is 0 Å². The van der Waals surface area contributed by atoms with Crippen LogP contribution < -0.4 is 4.90 Å². The molecule has 2 aliphatic rings. The topological polar surface area (TPSA) is 20.3 Å². The van der Waals surface area contributed by atoms with E-state index in [2.05, 4.69) is 49.9 Å². The number of anilines is 1. The second-order valence-electron chi connectivity index (χ2n) is 7.36. The minimum absolute atomic E-state index is 0.145. The molecule has 2 heteroatoms. The van der Waals surface area contributed by atoms with Crippen molar-refractivity contribution >= 4 is 11.5 Å². The van der Waals surface area contributed by atoms with Crippen LogP contribution in [0.5, 0.6) is 0 Å². The van der Waals surface area contributed by atoms with Crippen molar-refractivity contribution < 1.29 is 4.79 Å². The first kappa shape index (κ1) is 13.7. The molecule has 2 heterocycles. The number of hydrogen-bond donors (Lipinski definition) is 0. The van der Waals surface area contributed by atoms with Gasteiger partial charge in [-0.15, -0.1) is 0 Å². The summed E-state index contributed by atoms with van der Waals surface area (Å²) >= 11 is 0. The summed E-state index contributed by atoms with van der Waals surface area (Å²) in [7, 11) is 0. The van der Waals surface area contributed by atoms with Gasteiger partial charge in [0, 0.05) is 30.6 Å². The van der Waals surface area contributed by atoms with E-state index in [-0.39, 0.29) is 5.41 Å². The molecule has 0 aliphatic carbocycles. The number of hydrogen-bond acceptors (Lipinski definition) is 2. The molecule has 20 heavy (non-hydrogen) atoms. The third-order valence-corrected chi connectivity index (χ3v) is 4.78. The van der Waals surface area contributed by atoms with E-state index in [4.69, 9.17) is 0 Å². The summed E-state index contributed by atoms with van der Waals surface area (Å²) in [5.41, 5.74) is 2.92. The number of carbonyl (C=O) groups is 1. The standard InChI is InChI=1S/C18H25NO/c1-18(2,3)16-9-4-5-10-17(16)19-13-7-6-8-14(19)12-15(20)11-13/h4-5,9-10,13-14H,6-8,11-12H2,1-3H3. The summed E-state index contributed by atoms with van der Waals surface area (Å²) < 4.78 is 0. The molecule has 0 N–H and O–H groups in total. The van der Waals surface area contributed by atoms with Crippen LogP contribution in [-0.4, -0.2) is 17.9 Å². The van der Waals surface area contributed by atoms with Crippen molar-refractivity contribution in [3.63, 3.8) is 0 Å². The minimum atomic E-state index is 0.145. The lowest BCUT2D eigenvalue weighted by Crippen LogP contribution is -2.53. The van der Waals surface area contributed by atoms with Gasteiger partial charge >= 0.3 is 0 Å². The van der Waals surface area contributed by atoms with Crippen LogP contribution in [0.25, 0.3) is 0 Å². The van der Waals surface area contributed by atoms with E-state index in [0.29, 0.717) is 17.9 Å². The summed E-state index contributed by atoms with van der Waals surface area (Å²) in [6, 6.07) is 9.63. The van der Waals surface area contributed by atoms with Crippen molar-refractivity contribution in [2.24, 2.45) is 0 Å². The largest absolute Gasteiger partial charge is 0.364 e. The Hall–Kier alpha value is -1.31. The van der Waals surface area contributed by atoms with Gasteiger partial charge in [-0.3, -0.25) is 4.79 Å². The number of Topliss-reactive ketones (excluding diaryl/α,β-unsaturated/α-hetero) is 1. The molecule has 0 aromatic heterocycles. The number of piperidine rings is 2. The van der Waals surface area contributed by atoms with Crippen LogP contribution in [0.2, 0.25) is 0 Å². The summed E-state index contributed by atoms with van der Waals surface area (Å²) in [5.74, 6) is 0.462. The van der Waals surface area contributed by atoms with Crippen molar-refractivity contribution in [2.45, 2.75) is 70.4 Å². The van der Waals surface area contributed by atoms with Crippen molar-refractivity contribution in [1.29, 1.82) is 0 Å². The summed E-state index contributed by atoms with van der Waals surface area (Å²) in [5, 5.41) is 0. The molecule has 0 saturated carbocycles. The zero-order valence-corrected chi connectivity index (χ0v) is 12.9. The molecule has 0 spiro atoms. The van der Waals surface area contributed by atoms with Crippen LogP contribution in [0.4, 0.5) is 5.69 Å². The zero-order valence-electron chi connectivity index (χ0n) is 12.9. The Morgan fingerprint density at radius 2 is 1.65 bits per heavy atom. The van der Waals surface area contributed by atoms with E-state index < -0.39 is 0 Å². The van der Waals surface area contributed by atoms with Gasteiger partial charge in [-0.05, 0) is 36.3 Å². The van der Waals surface area contributed by atoms with Gasteiger partial charge in [-0.2, -0.15) is 0 Å². The number of ketones is 1. The monoisotopic (exact) mass is 271 g/mol. The smallest absolute Gasteiger partial charge is 0.137 e. The Kier molecular flexibility index (Phi) is 3.35. The average Bonchev–Trinajstić information content (AvgIpc) is 2.36. The number of carbonyl (C=O) groups excluding carboxylic acids is 1. The van der Waals surface area contributed by atoms with Gasteiger partial charge in [0.15, 0.2) is 0 Å². The molecule has 2 saturated heterocycles. The lowest BCUT2D eigenvalue weighted by Gasteiger charge is -2.48. The Balaban J connectivity index is 2.03. The zero-order chi connectivity index (χ0) is 14.3. The maximum atomic E-state index is 11.9. The molecule has 2 unspecified atom stereocenters. The first-order valence-corrected chi connectivity index (χ1v) is 7.86. The fourth-order valence-electron chi connectivity index (χ4n) is 3.90. The van der Waals surface area contributed by atoms with Gasteiger partial charge < -0.3 is 4.90 Å².